The van der Waals surface area contributed by atoms with E-state index in [4.69, 9.17) is 23.2 Å². The average molecular weight is 257 g/mol. The topological polar surface area (TPSA) is 25.8 Å². The van der Waals surface area contributed by atoms with Crippen LogP contribution in [0.3, 0.4) is 0 Å². The Labute approximate surface area is 102 Å². The fourth-order valence-electron chi connectivity index (χ4n) is 1.33. The molecule has 2 aromatic rings. The normalized spacial score (nSPS) is 10.4. The maximum atomic E-state index is 13.4. The lowest BCUT2D eigenvalue weighted by atomic mass is 10.1. The van der Waals surface area contributed by atoms with Gasteiger partial charge in [0.1, 0.15) is 21.9 Å². The molecule has 0 atom stereocenters. The Kier molecular flexibility index (Phi) is 3.36. The number of nitrogens with zero attached hydrogens (tertiary/aromatic N) is 2. The molecule has 0 aliphatic heterocycles. The molecule has 0 N–H and O–H groups in total. The van der Waals surface area contributed by atoms with Crippen molar-refractivity contribution in [2.75, 3.05) is 0 Å². The van der Waals surface area contributed by atoms with Crippen LogP contribution in [0.4, 0.5) is 4.39 Å². The standard InChI is InChI=1S/C11H7Cl2FN2/c12-9-6-10(13)16-11(15-9)5-7-3-1-2-4-8(7)14/h1-4,6H,5H2. The molecule has 0 fully saturated rings. The fraction of sp³-hybridized carbons (Fsp3) is 0.0909. The van der Waals surface area contributed by atoms with Crippen LogP contribution in [0.2, 0.25) is 10.3 Å². The summed E-state index contributed by atoms with van der Waals surface area (Å²) in [6, 6.07) is 7.89. The van der Waals surface area contributed by atoms with E-state index in [0.717, 1.165) is 0 Å². The summed E-state index contributed by atoms with van der Waals surface area (Å²) in [5, 5.41) is 0.512. The molecule has 0 bridgehead atoms. The van der Waals surface area contributed by atoms with Crippen LogP contribution in [0, 0.1) is 5.82 Å². The van der Waals surface area contributed by atoms with Gasteiger partial charge in [-0.3, -0.25) is 0 Å². The van der Waals surface area contributed by atoms with E-state index in [-0.39, 0.29) is 22.5 Å². The summed E-state index contributed by atoms with van der Waals surface area (Å²) in [4.78, 5) is 7.95. The van der Waals surface area contributed by atoms with Crippen molar-refractivity contribution in [3.8, 4) is 0 Å². The Balaban J connectivity index is 2.30. The molecule has 0 radical (unpaired) electrons. The van der Waals surface area contributed by atoms with Gasteiger partial charge in [0, 0.05) is 12.5 Å². The van der Waals surface area contributed by atoms with Gasteiger partial charge in [-0.15, -0.1) is 0 Å². The van der Waals surface area contributed by atoms with Crippen molar-refractivity contribution in [1.82, 2.24) is 9.97 Å². The zero-order valence-corrected chi connectivity index (χ0v) is 9.63. The third-order valence-corrected chi connectivity index (χ3v) is 2.40. The van der Waals surface area contributed by atoms with Crippen LogP contribution >= 0.6 is 23.2 Å². The van der Waals surface area contributed by atoms with Crippen molar-refractivity contribution in [3.05, 3.63) is 57.8 Å². The lowest BCUT2D eigenvalue weighted by Gasteiger charge is -2.02. The van der Waals surface area contributed by atoms with Crippen molar-refractivity contribution in [3.63, 3.8) is 0 Å². The van der Waals surface area contributed by atoms with E-state index in [1.165, 1.54) is 12.1 Å². The number of aromatic nitrogens is 2. The average Bonchev–Trinajstić information content (AvgIpc) is 2.20. The minimum Gasteiger partial charge on any atom is -0.221 e. The summed E-state index contributed by atoms with van der Waals surface area (Å²) in [5.74, 6) is 0.116. The molecule has 0 aliphatic carbocycles. The third-order valence-electron chi connectivity index (χ3n) is 2.02. The first-order chi connectivity index (χ1) is 7.65. The molecule has 16 heavy (non-hydrogen) atoms. The summed E-state index contributed by atoms with van der Waals surface area (Å²) >= 11 is 11.5. The second-order valence-corrected chi connectivity index (χ2v) is 3.97. The number of hydrogen-bond acceptors (Lipinski definition) is 2. The van der Waals surface area contributed by atoms with Gasteiger partial charge in [-0.2, -0.15) is 0 Å². The molecule has 1 aromatic carbocycles. The highest BCUT2D eigenvalue weighted by atomic mass is 35.5. The molecule has 0 amide bonds. The zero-order valence-electron chi connectivity index (χ0n) is 8.12. The van der Waals surface area contributed by atoms with Crippen LogP contribution in [-0.4, -0.2) is 9.97 Å². The molecular weight excluding hydrogens is 250 g/mol. The molecule has 0 spiro atoms. The zero-order chi connectivity index (χ0) is 11.5. The highest BCUT2D eigenvalue weighted by Gasteiger charge is 2.06. The molecule has 0 saturated carbocycles. The molecule has 2 nitrogen and oxygen atoms in total. The van der Waals surface area contributed by atoms with Gasteiger partial charge < -0.3 is 0 Å². The first-order valence-electron chi connectivity index (χ1n) is 4.57. The van der Waals surface area contributed by atoms with E-state index in [1.807, 2.05) is 0 Å². The first-order valence-corrected chi connectivity index (χ1v) is 5.33. The van der Waals surface area contributed by atoms with Gasteiger partial charge in [-0.1, -0.05) is 41.4 Å². The summed E-state index contributed by atoms with van der Waals surface area (Å²) in [5.41, 5.74) is 0.515. The minimum atomic E-state index is -0.290. The Morgan fingerprint density at radius 1 is 1.06 bits per heavy atom. The number of rotatable bonds is 2. The SMILES string of the molecule is Fc1ccccc1Cc1nc(Cl)cc(Cl)n1. The van der Waals surface area contributed by atoms with Crippen LogP contribution in [0.5, 0.6) is 0 Å². The predicted octanol–water partition coefficient (Wildman–Crippen LogP) is 3.51. The molecule has 5 heteroatoms. The number of hydrogen-bond donors (Lipinski definition) is 0. The molecule has 2 rings (SSSR count). The molecule has 0 aliphatic rings. The van der Waals surface area contributed by atoms with Crippen molar-refractivity contribution in [2.45, 2.75) is 6.42 Å². The quantitative estimate of drug-likeness (QED) is 0.769. The van der Waals surface area contributed by atoms with Crippen LogP contribution in [-0.2, 0) is 6.42 Å². The highest BCUT2D eigenvalue weighted by molar-refractivity contribution is 6.33. The first kappa shape index (κ1) is 11.3. The van der Waals surface area contributed by atoms with Gasteiger partial charge in [0.15, 0.2) is 0 Å². The van der Waals surface area contributed by atoms with Gasteiger partial charge in [0.25, 0.3) is 0 Å². The summed E-state index contributed by atoms with van der Waals surface area (Å²) in [7, 11) is 0. The van der Waals surface area contributed by atoms with E-state index in [0.29, 0.717) is 11.4 Å². The van der Waals surface area contributed by atoms with E-state index in [1.54, 1.807) is 18.2 Å². The van der Waals surface area contributed by atoms with E-state index >= 15 is 0 Å². The van der Waals surface area contributed by atoms with Gasteiger partial charge in [0.2, 0.25) is 0 Å². The monoisotopic (exact) mass is 256 g/mol. The summed E-state index contributed by atoms with van der Waals surface area (Å²) < 4.78 is 13.4. The Bertz CT molecular complexity index is 497. The Hall–Kier alpha value is -1.19. The fourth-order valence-corrected chi connectivity index (χ4v) is 1.78. The lowest BCUT2D eigenvalue weighted by Crippen LogP contribution is -1.99. The van der Waals surface area contributed by atoms with E-state index in [9.17, 15) is 4.39 Å². The number of benzene rings is 1. The van der Waals surface area contributed by atoms with Crippen LogP contribution in [0.15, 0.2) is 30.3 Å². The summed E-state index contributed by atoms with van der Waals surface area (Å²) in [6.07, 6.45) is 0.271. The van der Waals surface area contributed by atoms with Gasteiger partial charge >= 0.3 is 0 Å². The molecule has 1 heterocycles. The second-order valence-electron chi connectivity index (χ2n) is 3.20. The Morgan fingerprint density at radius 2 is 1.69 bits per heavy atom. The van der Waals surface area contributed by atoms with Crippen molar-refractivity contribution in [2.24, 2.45) is 0 Å². The lowest BCUT2D eigenvalue weighted by molar-refractivity contribution is 0.612. The molecule has 0 unspecified atom stereocenters. The Morgan fingerprint density at radius 3 is 2.31 bits per heavy atom. The predicted molar refractivity (Wildman–Crippen MR) is 61.3 cm³/mol. The van der Waals surface area contributed by atoms with Crippen molar-refractivity contribution >= 4 is 23.2 Å². The maximum absolute atomic E-state index is 13.4. The maximum Gasteiger partial charge on any atom is 0.136 e. The van der Waals surface area contributed by atoms with Gasteiger partial charge in [0.05, 0.1) is 0 Å². The second kappa shape index (κ2) is 4.76. The van der Waals surface area contributed by atoms with E-state index in [2.05, 4.69) is 9.97 Å². The smallest absolute Gasteiger partial charge is 0.136 e. The van der Waals surface area contributed by atoms with Gasteiger partial charge in [-0.25, -0.2) is 14.4 Å². The van der Waals surface area contributed by atoms with Crippen LogP contribution in [0.25, 0.3) is 0 Å². The minimum absolute atomic E-state index is 0.256. The van der Waals surface area contributed by atoms with Crippen LogP contribution in [0.1, 0.15) is 11.4 Å². The summed E-state index contributed by atoms with van der Waals surface area (Å²) in [6.45, 7) is 0. The highest BCUT2D eigenvalue weighted by Crippen LogP contribution is 2.15. The molecular formula is C11H7Cl2FN2. The van der Waals surface area contributed by atoms with Crippen LogP contribution < -0.4 is 0 Å². The molecule has 82 valence electrons. The van der Waals surface area contributed by atoms with E-state index < -0.39 is 0 Å². The third kappa shape index (κ3) is 2.68. The number of halogens is 3. The van der Waals surface area contributed by atoms with Crippen molar-refractivity contribution < 1.29 is 4.39 Å². The molecule has 1 aromatic heterocycles. The van der Waals surface area contributed by atoms with Crippen molar-refractivity contribution in [1.29, 1.82) is 0 Å². The molecule has 0 saturated heterocycles. The largest absolute Gasteiger partial charge is 0.221 e. The van der Waals surface area contributed by atoms with Gasteiger partial charge in [-0.05, 0) is 11.6 Å².